The molecule has 0 spiro atoms. The summed E-state index contributed by atoms with van der Waals surface area (Å²) in [6.07, 6.45) is 0.942. The van der Waals surface area contributed by atoms with Gasteiger partial charge in [-0.3, -0.25) is 0 Å². The van der Waals surface area contributed by atoms with Gasteiger partial charge >= 0.3 is 0 Å². The number of hydrogen-bond donors (Lipinski definition) is 1. The van der Waals surface area contributed by atoms with Crippen LogP contribution in [0.4, 0.5) is 4.39 Å². The van der Waals surface area contributed by atoms with Crippen molar-refractivity contribution in [2.75, 3.05) is 0 Å². The van der Waals surface area contributed by atoms with Crippen LogP contribution >= 0.6 is 11.8 Å². The Morgan fingerprint density at radius 3 is 2.47 bits per heavy atom. The van der Waals surface area contributed by atoms with Gasteiger partial charge in [-0.05, 0) is 30.2 Å². The maximum Gasteiger partial charge on any atom is 0.124 e. The van der Waals surface area contributed by atoms with E-state index in [1.807, 2.05) is 36.4 Å². The molecule has 2 atom stereocenters. The molecule has 0 aliphatic heterocycles. The van der Waals surface area contributed by atoms with Gasteiger partial charge in [0.15, 0.2) is 0 Å². The second-order valence-corrected chi connectivity index (χ2v) is 5.77. The predicted molar refractivity (Wildman–Crippen MR) is 79.7 cm³/mol. The summed E-state index contributed by atoms with van der Waals surface area (Å²) in [5.41, 5.74) is 7.44. The number of rotatable bonds is 5. The van der Waals surface area contributed by atoms with Gasteiger partial charge in [0.25, 0.3) is 0 Å². The van der Waals surface area contributed by atoms with E-state index in [1.165, 1.54) is 6.07 Å². The largest absolute Gasteiger partial charge is 0.323 e. The Kier molecular flexibility index (Phi) is 5.00. The van der Waals surface area contributed by atoms with Gasteiger partial charge in [-0.25, -0.2) is 4.39 Å². The molecule has 0 aliphatic rings. The van der Waals surface area contributed by atoms with Crippen molar-refractivity contribution in [2.45, 2.75) is 29.5 Å². The van der Waals surface area contributed by atoms with E-state index in [9.17, 15) is 4.39 Å². The van der Waals surface area contributed by atoms with Crippen molar-refractivity contribution in [3.8, 4) is 0 Å². The van der Waals surface area contributed by atoms with E-state index in [-0.39, 0.29) is 17.1 Å². The van der Waals surface area contributed by atoms with Crippen LogP contribution in [0.5, 0.6) is 0 Å². The third kappa shape index (κ3) is 3.82. The van der Waals surface area contributed by atoms with Crippen LogP contribution in [0, 0.1) is 5.82 Å². The number of halogens is 1. The number of thioether (sulfide) groups is 1. The lowest BCUT2D eigenvalue weighted by atomic mass is 10.0. The molecule has 1 nitrogen and oxygen atoms in total. The van der Waals surface area contributed by atoms with Gasteiger partial charge in [0.2, 0.25) is 0 Å². The Morgan fingerprint density at radius 1 is 1.11 bits per heavy atom. The van der Waals surface area contributed by atoms with E-state index in [2.05, 4.69) is 6.92 Å². The second-order valence-electron chi connectivity index (χ2n) is 4.46. The first kappa shape index (κ1) is 14.1. The summed E-state index contributed by atoms with van der Waals surface area (Å²) >= 11 is 1.64. The maximum absolute atomic E-state index is 13.2. The lowest BCUT2D eigenvalue weighted by Crippen LogP contribution is -2.23. The van der Waals surface area contributed by atoms with Crippen LogP contribution in [0.3, 0.4) is 0 Å². The first-order valence-corrected chi connectivity index (χ1v) is 7.31. The van der Waals surface area contributed by atoms with Crippen molar-refractivity contribution in [3.63, 3.8) is 0 Å². The van der Waals surface area contributed by atoms with Gasteiger partial charge in [-0.2, -0.15) is 0 Å². The number of nitrogens with two attached hydrogens (primary N) is 1. The van der Waals surface area contributed by atoms with Crippen molar-refractivity contribution in [1.82, 2.24) is 0 Å². The van der Waals surface area contributed by atoms with Crippen molar-refractivity contribution in [1.29, 1.82) is 0 Å². The van der Waals surface area contributed by atoms with Crippen LogP contribution in [0.25, 0.3) is 0 Å². The van der Waals surface area contributed by atoms with Gasteiger partial charge in [0, 0.05) is 16.2 Å². The minimum atomic E-state index is -0.201. The highest BCUT2D eigenvalue weighted by Gasteiger charge is 2.19. The molecule has 0 saturated carbocycles. The van der Waals surface area contributed by atoms with Crippen LogP contribution in [-0.2, 0) is 0 Å². The average molecular weight is 275 g/mol. The molecule has 0 aromatic heterocycles. The van der Waals surface area contributed by atoms with Crippen LogP contribution < -0.4 is 5.73 Å². The molecule has 3 heteroatoms. The predicted octanol–water partition coefficient (Wildman–Crippen LogP) is 4.40. The zero-order valence-electron chi connectivity index (χ0n) is 10.9. The first-order valence-electron chi connectivity index (χ1n) is 6.43. The molecule has 100 valence electrons. The molecule has 2 rings (SSSR count). The standard InChI is InChI=1S/C16H18FNS/c1-2-15(16(18)12-7-4-3-5-8-12)19-14-10-6-9-13(17)11-14/h3-11,15-16H,2,18H2,1H3. The Morgan fingerprint density at radius 2 is 1.84 bits per heavy atom. The fourth-order valence-electron chi connectivity index (χ4n) is 2.02. The third-order valence-corrected chi connectivity index (χ3v) is 4.53. The highest BCUT2D eigenvalue weighted by molar-refractivity contribution is 8.00. The van der Waals surface area contributed by atoms with Crippen LogP contribution in [0.15, 0.2) is 59.5 Å². The number of hydrogen-bond acceptors (Lipinski definition) is 2. The molecule has 0 heterocycles. The van der Waals surface area contributed by atoms with Crippen LogP contribution in [-0.4, -0.2) is 5.25 Å². The van der Waals surface area contributed by atoms with E-state index in [4.69, 9.17) is 5.73 Å². The monoisotopic (exact) mass is 275 g/mol. The Hall–Kier alpha value is -1.32. The van der Waals surface area contributed by atoms with E-state index in [0.717, 1.165) is 16.9 Å². The number of benzene rings is 2. The minimum Gasteiger partial charge on any atom is -0.323 e. The molecule has 0 aliphatic carbocycles. The van der Waals surface area contributed by atoms with Crippen molar-refractivity contribution in [2.24, 2.45) is 5.73 Å². The summed E-state index contributed by atoms with van der Waals surface area (Å²) in [5, 5.41) is 0.240. The molecular weight excluding hydrogens is 257 g/mol. The lowest BCUT2D eigenvalue weighted by Gasteiger charge is -2.22. The fraction of sp³-hybridized carbons (Fsp3) is 0.250. The summed E-state index contributed by atoms with van der Waals surface area (Å²) in [6.45, 7) is 2.11. The highest BCUT2D eigenvalue weighted by Crippen LogP contribution is 2.33. The lowest BCUT2D eigenvalue weighted by molar-refractivity contribution is 0.623. The zero-order valence-corrected chi connectivity index (χ0v) is 11.7. The van der Waals surface area contributed by atoms with E-state index in [0.29, 0.717) is 0 Å². The summed E-state index contributed by atoms with van der Waals surface area (Å²) < 4.78 is 13.2. The summed E-state index contributed by atoms with van der Waals surface area (Å²) in [7, 11) is 0. The molecule has 0 radical (unpaired) electrons. The van der Waals surface area contributed by atoms with Gasteiger partial charge < -0.3 is 5.73 Å². The van der Waals surface area contributed by atoms with Crippen molar-refractivity contribution >= 4 is 11.8 Å². The Bertz CT molecular complexity index is 515. The molecule has 0 bridgehead atoms. The summed E-state index contributed by atoms with van der Waals surface area (Å²) in [5.74, 6) is -0.201. The maximum atomic E-state index is 13.2. The van der Waals surface area contributed by atoms with E-state index < -0.39 is 0 Å². The molecular formula is C16H18FNS. The molecule has 0 fully saturated rings. The summed E-state index contributed by atoms with van der Waals surface area (Å²) in [4.78, 5) is 0.929. The second kappa shape index (κ2) is 6.73. The molecule has 2 aromatic rings. The van der Waals surface area contributed by atoms with Gasteiger partial charge in [0.1, 0.15) is 5.82 Å². The minimum absolute atomic E-state index is 0.0422. The zero-order chi connectivity index (χ0) is 13.7. The fourth-order valence-corrected chi connectivity index (χ4v) is 3.17. The SMILES string of the molecule is CCC(Sc1cccc(F)c1)C(N)c1ccccc1. The van der Waals surface area contributed by atoms with E-state index >= 15 is 0 Å². The molecule has 2 unspecified atom stereocenters. The molecule has 2 aromatic carbocycles. The van der Waals surface area contributed by atoms with Crippen molar-refractivity contribution in [3.05, 3.63) is 66.0 Å². The first-order chi connectivity index (χ1) is 9.20. The van der Waals surface area contributed by atoms with Crippen LogP contribution in [0.1, 0.15) is 24.9 Å². The molecule has 19 heavy (non-hydrogen) atoms. The van der Waals surface area contributed by atoms with Crippen molar-refractivity contribution < 1.29 is 4.39 Å². The van der Waals surface area contributed by atoms with Gasteiger partial charge in [0.05, 0.1) is 0 Å². The highest BCUT2D eigenvalue weighted by atomic mass is 32.2. The topological polar surface area (TPSA) is 26.0 Å². The molecule has 0 amide bonds. The smallest absolute Gasteiger partial charge is 0.124 e. The third-order valence-electron chi connectivity index (χ3n) is 3.07. The average Bonchev–Trinajstić information content (AvgIpc) is 2.45. The normalized spacial score (nSPS) is 14.1. The Balaban J connectivity index is 2.12. The molecule has 2 N–H and O–H groups in total. The van der Waals surface area contributed by atoms with Gasteiger partial charge in [-0.1, -0.05) is 43.3 Å². The van der Waals surface area contributed by atoms with Gasteiger partial charge in [-0.15, -0.1) is 11.8 Å². The van der Waals surface area contributed by atoms with E-state index in [1.54, 1.807) is 23.9 Å². The summed E-state index contributed by atoms with van der Waals surface area (Å²) in [6, 6.07) is 16.7. The Labute approximate surface area is 118 Å². The quantitative estimate of drug-likeness (QED) is 0.819. The van der Waals surface area contributed by atoms with Crippen LogP contribution in [0.2, 0.25) is 0 Å². The molecule has 0 saturated heterocycles.